The normalized spacial score (nSPS) is 10.6. The highest BCUT2D eigenvalue weighted by atomic mass is 35.5. The minimum absolute atomic E-state index is 0.278. The minimum atomic E-state index is -0.280. The summed E-state index contributed by atoms with van der Waals surface area (Å²) in [6, 6.07) is 13.0. The molecule has 3 aromatic rings. The lowest BCUT2D eigenvalue weighted by molar-refractivity contribution is 0.252. The van der Waals surface area contributed by atoms with Crippen molar-refractivity contribution in [2.24, 2.45) is 0 Å². The Balaban J connectivity index is 1.55. The second-order valence-electron chi connectivity index (χ2n) is 5.68. The van der Waals surface area contributed by atoms with Crippen molar-refractivity contribution in [1.29, 1.82) is 0 Å². The van der Waals surface area contributed by atoms with Crippen molar-refractivity contribution in [3.63, 3.8) is 0 Å². The number of carbonyl (C=O) groups excluding carboxylic acids is 1. The van der Waals surface area contributed by atoms with E-state index in [0.29, 0.717) is 23.7 Å². The van der Waals surface area contributed by atoms with Crippen LogP contribution in [0.25, 0.3) is 10.6 Å². The molecule has 26 heavy (non-hydrogen) atoms. The lowest BCUT2D eigenvalue weighted by Crippen LogP contribution is -2.30. The second kappa shape index (κ2) is 8.29. The van der Waals surface area contributed by atoms with Crippen LogP contribution >= 0.6 is 22.9 Å². The molecule has 0 bridgehead atoms. The summed E-state index contributed by atoms with van der Waals surface area (Å²) in [7, 11) is 0. The van der Waals surface area contributed by atoms with Crippen LogP contribution in [0.2, 0.25) is 5.02 Å². The third kappa shape index (κ3) is 4.80. The van der Waals surface area contributed by atoms with E-state index in [4.69, 9.17) is 11.6 Å². The molecular weight excluding hydrogens is 373 g/mol. The van der Waals surface area contributed by atoms with E-state index in [9.17, 15) is 9.18 Å². The molecule has 0 atom stereocenters. The molecule has 1 heterocycles. The molecule has 0 radical (unpaired) electrons. The van der Waals surface area contributed by atoms with E-state index in [1.807, 2.05) is 13.0 Å². The van der Waals surface area contributed by atoms with Gasteiger partial charge in [0.1, 0.15) is 10.8 Å². The number of halogens is 2. The standard InChI is InChI=1S/C19H17ClFN3OS/c1-12-17(26-18(23-12)13-3-2-4-15(21)11-13)9-10-22-19(25)24-16-7-5-14(20)6-8-16/h2-8,11H,9-10H2,1H3,(H2,22,24,25). The molecule has 1 aromatic heterocycles. The third-order valence-corrected chi connectivity index (χ3v) is 5.22. The van der Waals surface area contributed by atoms with Gasteiger partial charge in [0.25, 0.3) is 0 Å². The average Bonchev–Trinajstić information content (AvgIpc) is 2.98. The van der Waals surface area contributed by atoms with E-state index in [-0.39, 0.29) is 11.8 Å². The van der Waals surface area contributed by atoms with Crippen molar-refractivity contribution in [2.75, 3.05) is 11.9 Å². The number of nitrogens with zero attached hydrogens (tertiary/aromatic N) is 1. The average molecular weight is 390 g/mol. The maximum Gasteiger partial charge on any atom is 0.319 e. The molecule has 2 amide bonds. The molecule has 0 saturated carbocycles. The number of thiazole rings is 1. The number of urea groups is 1. The first-order valence-corrected chi connectivity index (χ1v) is 9.23. The fourth-order valence-electron chi connectivity index (χ4n) is 2.40. The Morgan fingerprint density at radius 3 is 2.73 bits per heavy atom. The van der Waals surface area contributed by atoms with Crippen molar-refractivity contribution < 1.29 is 9.18 Å². The number of hydrogen-bond acceptors (Lipinski definition) is 3. The van der Waals surface area contributed by atoms with Gasteiger partial charge in [0, 0.05) is 34.1 Å². The Morgan fingerprint density at radius 1 is 1.23 bits per heavy atom. The van der Waals surface area contributed by atoms with Crippen LogP contribution in [0.4, 0.5) is 14.9 Å². The topological polar surface area (TPSA) is 54.0 Å². The summed E-state index contributed by atoms with van der Waals surface area (Å²) in [4.78, 5) is 17.5. The fourth-order valence-corrected chi connectivity index (χ4v) is 3.59. The summed E-state index contributed by atoms with van der Waals surface area (Å²) in [6.45, 7) is 2.40. The van der Waals surface area contributed by atoms with Gasteiger partial charge in [0.05, 0.1) is 5.69 Å². The Kier molecular flexibility index (Phi) is 5.85. The van der Waals surface area contributed by atoms with Gasteiger partial charge in [-0.3, -0.25) is 0 Å². The molecule has 0 aliphatic rings. The third-order valence-electron chi connectivity index (χ3n) is 3.70. The van der Waals surface area contributed by atoms with Crippen LogP contribution in [0, 0.1) is 12.7 Å². The van der Waals surface area contributed by atoms with Crippen LogP contribution in [-0.2, 0) is 6.42 Å². The Hall–Kier alpha value is -2.44. The number of carbonyl (C=O) groups is 1. The highest BCUT2D eigenvalue weighted by Crippen LogP contribution is 2.28. The van der Waals surface area contributed by atoms with Gasteiger partial charge in [0.2, 0.25) is 0 Å². The van der Waals surface area contributed by atoms with Crippen molar-refractivity contribution >= 4 is 34.7 Å². The smallest absolute Gasteiger partial charge is 0.319 e. The van der Waals surface area contributed by atoms with Crippen molar-refractivity contribution in [2.45, 2.75) is 13.3 Å². The maximum absolute atomic E-state index is 13.4. The molecule has 0 unspecified atom stereocenters. The van der Waals surface area contributed by atoms with Crippen LogP contribution < -0.4 is 10.6 Å². The molecule has 0 saturated heterocycles. The molecule has 2 aromatic carbocycles. The number of rotatable bonds is 5. The predicted octanol–water partition coefficient (Wildman–Crippen LogP) is 5.28. The van der Waals surface area contributed by atoms with E-state index in [0.717, 1.165) is 21.1 Å². The number of anilines is 1. The number of benzene rings is 2. The number of aryl methyl sites for hydroxylation is 1. The van der Waals surface area contributed by atoms with Crippen LogP contribution in [-0.4, -0.2) is 17.6 Å². The second-order valence-corrected chi connectivity index (χ2v) is 7.20. The van der Waals surface area contributed by atoms with E-state index < -0.39 is 0 Å². The molecule has 2 N–H and O–H groups in total. The van der Waals surface area contributed by atoms with E-state index in [1.165, 1.54) is 23.5 Å². The summed E-state index contributed by atoms with van der Waals surface area (Å²) >= 11 is 7.33. The van der Waals surface area contributed by atoms with Gasteiger partial charge < -0.3 is 10.6 Å². The summed E-state index contributed by atoms with van der Waals surface area (Å²) in [5.74, 6) is -0.280. The minimum Gasteiger partial charge on any atom is -0.338 e. The fraction of sp³-hybridized carbons (Fsp3) is 0.158. The molecule has 4 nitrogen and oxygen atoms in total. The van der Waals surface area contributed by atoms with Crippen molar-refractivity contribution in [3.8, 4) is 10.6 Å². The molecule has 3 rings (SSSR count). The van der Waals surface area contributed by atoms with Gasteiger partial charge in [-0.25, -0.2) is 14.2 Å². The SMILES string of the molecule is Cc1nc(-c2cccc(F)c2)sc1CCNC(=O)Nc1ccc(Cl)cc1. The van der Waals surface area contributed by atoms with Crippen LogP contribution in [0.5, 0.6) is 0 Å². The monoisotopic (exact) mass is 389 g/mol. The van der Waals surface area contributed by atoms with Gasteiger partial charge in [-0.15, -0.1) is 11.3 Å². The lowest BCUT2D eigenvalue weighted by atomic mass is 10.2. The van der Waals surface area contributed by atoms with Gasteiger partial charge in [0.15, 0.2) is 0 Å². The van der Waals surface area contributed by atoms with Gasteiger partial charge >= 0.3 is 6.03 Å². The zero-order valence-electron chi connectivity index (χ0n) is 14.1. The Bertz CT molecular complexity index is 911. The van der Waals surface area contributed by atoms with Gasteiger partial charge in [-0.05, 0) is 43.3 Å². The summed E-state index contributed by atoms with van der Waals surface area (Å²) in [5, 5.41) is 6.96. The van der Waals surface area contributed by atoms with Crippen LogP contribution in [0.1, 0.15) is 10.6 Å². The largest absolute Gasteiger partial charge is 0.338 e. The summed E-state index contributed by atoms with van der Waals surface area (Å²) in [5.41, 5.74) is 2.33. The molecule has 0 fully saturated rings. The number of amides is 2. The first-order valence-electron chi connectivity index (χ1n) is 8.04. The molecule has 7 heteroatoms. The van der Waals surface area contributed by atoms with Gasteiger partial charge in [-0.2, -0.15) is 0 Å². The number of aromatic nitrogens is 1. The molecule has 0 spiro atoms. The van der Waals surface area contributed by atoms with Crippen molar-refractivity contribution in [3.05, 3.63) is 69.9 Å². The quantitative estimate of drug-likeness (QED) is 0.624. The van der Waals surface area contributed by atoms with Crippen molar-refractivity contribution in [1.82, 2.24) is 10.3 Å². The van der Waals surface area contributed by atoms with Crippen LogP contribution in [0.15, 0.2) is 48.5 Å². The first-order chi connectivity index (χ1) is 12.5. The highest BCUT2D eigenvalue weighted by Gasteiger charge is 2.10. The van der Waals surface area contributed by atoms with E-state index >= 15 is 0 Å². The Morgan fingerprint density at radius 2 is 2.00 bits per heavy atom. The van der Waals surface area contributed by atoms with E-state index in [1.54, 1.807) is 30.3 Å². The number of hydrogen-bond donors (Lipinski definition) is 2. The lowest BCUT2D eigenvalue weighted by Gasteiger charge is -2.07. The Labute approximate surface area is 160 Å². The van der Waals surface area contributed by atoms with Gasteiger partial charge in [-0.1, -0.05) is 23.7 Å². The molecule has 0 aliphatic heterocycles. The highest BCUT2D eigenvalue weighted by molar-refractivity contribution is 7.15. The zero-order chi connectivity index (χ0) is 18.5. The van der Waals surface area contributed by atoms with Crippen LogP contribution in [0.3, 0.4) is 0 Å². The van der Waals surface area contributed by atoms with E-state index in [2.05, 4.69) is 15.6 Å². The predicted molar refractivity (Wildman–Crippen MR) is 104 cm³/mol. The molecular formula is C19H17ClFN3OS. The summed E-state index contributed by atoms with van der Waals surface area (Å²) < 4.78 is 13.4. The first kappa shape index (κ1) is 18.4. The number of nitrogens with one attached hydrogen (secondary N) is 2. The maximum atomic E-state index is 13.4. The molecule has 134 valence electrons. The zero-order valence-corrected chi connectivity index (χ0v) is 15.6. The molecule has 0 aliphatic carbocycles. The summed E-state index contributed by atoms with van der Waals surface area (Å²) in [6.07, 6.45) is 0.660.